The molecule has 5 rings (SSSR count). The minimum absolute atomic E-state index is 0.208. The third-order valence-electron chi connectivity index (χ3n) is 7.21. The molecule has 1 saturated carbocycles. The number of imidazole rings is 1. The number of halogens is 1. The first-order valence-electron chi connectivity index (χ1n) is 12.2. The zero-order chi connectivity index (χ0) is 24.4. The quantitative estimate of drug-likeness (QED) is 0.372. The highest BCUT2D eigenvalue weighted by molar-refractivity contribution is 9.10. The van der Waals surface area contributed by atoms with Crippen LogP contribution in [0.4, 0.5) is 0 Å². The first-order valence-corrected chi connectivity index (χ1v) is 13.0. The van der Waals surface area contributed by atoms with Crippen molar-refractivity contribution in [2.45, 2.75) is 50.5 Å². The summed E-state index contributed by atoms with van der Waals surface area (Å²) in [6.07, 6.45) is 11.6. The van der Waals surface area contributed by atoms with Crippen molar-refractivity contribution in [3.05, 3.63) is 76.3 Å². The maximum atomic E-state index is 13.8. The van der Waals surface area contributed by atoms with Gasteiger partial charge in [-0.05, 0) is 66.6 Å². The van der Waals surface area contributed by atoms with E-state index in [1.54, 1.807) is 18.6 Å². The van der Waals surface area contributed by atoms with Gasteiger partial charge in [0.25, 0.3) is 0 Å². The van der Waals surface area contributed by atoms with E-state index >= 15 is 0 Å². The molecule has 1 aromatic heterocycles. The largest absolute Gasteiger partial charge is 0.456 e. The van der Waals surface area contributed by atoms with Gasteiger partial charge in [0.15, 0.2) is 0 Å². The third-order valence-corrected chi connectivity index (χ3v) is 7.90. The first kappa shape index (κ1) is 23.6. The second kappa shape index (κ2) is 9.87. The smallest absolute Gasteiger partial charge is 0.233 e. The van der Waals surface area contributed by atoms with Crippen molar-refractivity contribution < 1.29 is 9.53 Å². The number of carbonyl (C=O) groups excluding carboxylic acids is 1. The van der Waals surface area contributed by atoms with Crippen molar-refractivity contribution >= 4 is 21.8 Å². The van der Waals surface area contributed by atoms with Gasteiger partial charge in [-0.3, -0.25) is 4.79 Å². The fourth-order valence-electron chi connectivity index (χ4n) is 5.21. The van der Waals surface area contributed by atoms with Crippen LogP contribution in [0.3, 0.4) is 0 Å². The second-order valence-corrected chi connectivity index (χ2v) is 10.7. The van der Waals surface area contributed by atoms with E-state index in [2.05, 4.69) is 27.0 Å². The number of nitrogens with zero attached hydrogens (tertiary/aromatic N) is 4. The van der Waals surface area contributed by atoms with Crippen LogP contribution in [0.5, 0.6) is 11.5 Å². The second-order valence-electron chi connectivity index (χ2n) is 9.83. The van der Waals surface area contributed by atoms with E-state index < -0.39 is 5.41 Å². The summed E-state index contributed by atoms with van der Waals surface area (Å²) in [6.45, 7) is 1.44. The van der Waals surface area contributed by atoms with Gasteiger partial charge >= 0.3 is 0 Å². The maximum absolute atomic E-state index is 13.8. The standard InChI is InChI=1S/C28H29BrN4O2/c1-32-12-3-2-10-28(27(32)34,16-20-4-5-20)24-15-23(8-9-25(24)29)35-26-14-21(6-7-22(26)17-30)18-33-13-11-31-19-33/h6-9,11,13-15,19-20H,2-5,10,12,16,18H2,1H3. The van der Waals surface area contributed by atoms with E-state index in [1.165, 1.54) is 12.8 Å². The number of hydrogen-bond acceptors (Lipinski definition) is 4. The van der Waals surface area contributed by atoms with Gasteiger partial charge in [-0.2, -0.15) is 5.26 Å². The average Bonchev–Trinajstić information content (AvgIpc) is 3.56. The Morgan fingerprint density at radius 1 is 1.23 bits per heavy atom. The summed E-state index contributed by atoms with van der Waals surface area (Å²) in [4.78, 5) is 19.8. The predicted molar refractivity (Wildman–Crippen MR) is 137 cm³/mol. The van der Waals surface area contributed by atoms with Gasteiger partial charge in [-0.1, -0.05) is 41.3 Å². The van der Waals surface area contributed by atoms with Crippen molar-refractivity contribution in [2.75, 3.05) is 13.6 Å². The Morgan fingerprint density at radius 3 is 2.83 bits per heavy atom. The number of aromatic nitrogens is 2. The summed E-state index contributed by atoms with van der Waals surface area (Å²) in [5.41, 5.74) is 1.93. The number of benzene rings is 2. The van der Waals surface area contributed by atoms with E-state index in [1.807, 2.05) is 53.0 Å². The molecule has 0 bridgehead atoms. The molecular formula is C28H29BrN4O2. The number of amides is 1. The number of ether oxygens (including phenoxy) is 1. The van der Waals surface area contributed by atoms with Crippen LogP contribution in [0.25, 0.3) is 0 Å². The number of hydrogen-bond donors (Lipinski definition) is 0. The van der Waals surface area contributed by atoms with E-state index in [0.29, 0.717) is 29.5 Å². The molecule has 1 atom stereocenters. The molecular weight excluding hydrogens is 504 g/mol. The Morgan fingerprint density at radius 2 is 2.09 bits per heavy atom. The third kappa shape index (κ3) is 4.99. The molecule has 1 aliphatic carbocycles. The monoisotopic (exact) mass is 532 g/mol. The van der Waals surface area contributed by atoms with Crippen LogP contribution in [-0.2, 0) is 16.8 Å². The Hall–Kier alpha value is -3.11. The summed E-state index contributed by atoms with van der Waals surface area (Å²) in [7, 11) is 1.93. The van der Waals surface area contributed by atoms with E-state index in [4.69, 9.17) is 4.74 Å². The molecule has 1 aliphatic heterocycles. The van der Waals surface area contributed by atoms with Crippen molar-refractivity contribution in [3.63, 3.8) is 0 Å². The summed E-state index contributed by atoms with van der Waals surface area (Å²) in [5.74, 6) is 1.96. The predicted octanol–water partition coefficient (Wildman–Crippen LogP) is 6.04. The molecule has 0 N–H and O–H groups in total. The zero-order valence-corrected chi connectivity index (χ0v) is 21.5. The van der Waals surface area contributed by atoms with Gasteiger partial charge in [-0.25, -0.2) is 4.98 Å². The molecule has 2 aliphatic rings. The lowest BCUT2D eigenvalue weighted by atomic mass is 9.72. The summed E-state index contributed by atoms with van der Waals surface area (Å²) in [5, 5.41) is 9.69. The van der Waals surface area contributed by atoms with Gasteiger partial charge < -0.3 is 14.2 Å². The zero-order valence-electron chi connectivity index (χ0n) is 19.9. The van der Waals surface area contributed by atoms with Crippen LogP contribution in [0, 0.1) is 17.2 Å². The van der Waals surface area contributed by atoms with Crippen molar-refractivity contribution in [3.8, 4) is 17.6 Å². The molecule has 0 radical (unpaired) electrons. The molecule has 2 heterocycles. The van der Waals surface area contributed by atoms with Gasteiger partial charge in [0, 0.05) is 37.0 Å². The number of likely N-dealkylation sites (tertiary alicyclic amines) is 1. The SMILES string of the molecule is CN1CCCCC(CC2CC2)(c2cc(Oc3cc(Cn4ccnc4)ccc3C#N)ccc2Br)C1=O. The van der Waals surface area contributed by atoms with E-state index in [-0.39, 0.29) is 5.91 Å². The van der Waals surface area contributed by atoms with Crippen LogP contribution in [-0.4, -0.2) is 34.0 Å². The fourth-order valence-corrected chi connectivity index (χ4v) is 5.83. The summed E-state index contributed by atoms with van der Waals surface area (Å²) < 4.78 is 9.22. The Labute approximate surface area is 214 Å². The molecule has 7 heteroatoms. The lowest BCUT2D eigenvalue weighted by Crippen LogP contribution is -2.44. The van der Waals surface area contributed by atoms with Crippen LogP contribution < -0.4 is 4.74 Å². The van der Waals surface area contributed by atoms with Crippen molar-refractivity contribution in [1.29, 1.82) is 5.26 Å². The topological polar surface area (TPSA) is 71.2 Å². The maximum Gasteiger partial charge on any atom is 0.233 e. The van der Waals surface area contributed by atoms with E-state index in [9.17, 15) is 10.1 Å². The minimum Gasteiger partial charge on any atom is -0.456 e. The van der Waals surface area contributed by atoms with Gasteiger partial charge in [0.2, 0.25) is 5.91 Å². The number of nitriles is 1. The Bertz CT molecular complexity index is 1260. The van der Waals surface area contributed by atoms with Crippen LogP contribution in [0.15, 0.2) is 59.6 Å². The molecule has 1 saturated heterocycles. The molecule has 6 nitrogen and oxygen atoms in total. The van der Waals surface area contributed by atoms with Crippen LogP contribution >= 0.6 is 15.9 Å². The highest BCUT2D eigenvalue weighted by Crippen LogP contribution is 2.49. The van der Waals surface area contributed by atoms with Gasteiger partial charge in [0.05, 0.1) is 17.3 Å². The summed E-state index contributed by atoms with van der Waals surface area (Å²) >= 11 is 3.76. The number of rotatable bonds is 7. The number of carbonyl (C=O) groups is 1. The fraction of sp³-hybridized carbons (Fsp3) is 0.393. The Balaban J connectivity index is 1.50. The molecule has 0 spiro atoms. The van der Waals surface area contributed by atoms with Crippen molar-refractivity contribution in [1.82, 2.24) is 14.5 Å². The molecule has 35 heavy (non-hydrogen) atoms. The molecule has 1 amide bonds. The van der Waals surface area contributed by atoms with Crippen molar-refractivity contribution in [2.24, 2.45) is 5.92 Å². The van der Waals surface area contributed by atoms with Crippen LogP contribution in [0.1, 0.15) is 55.2 Å². The normalized spacial score (nSPS) is 20.4. The highest BCUT2D eigenvalue weighted by atomic mass is 79.9. The van der Waals surface area contributed by atoms with E-state index in [0.717, 1.165) is 47.8 Å². The van der Waals surface area contributed by atoms with Gasteiger partial charge in [-0.15, -0.1) is 0 Å². The van der Waals surface area contributed by atoms with Crippen LogP contribution in [0.2, 0.25) is 0 Å². The molecule has 180 valence electrons. The molecule has 3 aromatic rings. The Kier molecular flexibility index (Phi) is 6.66. The lowest BCUT2D eigenvalue weighted by Gasteiger charge is -2.35. The lowest BCUT2D eigenvalue weighted by molar-refractivity contribution is -0.136. The van der Waals surface area contributed by atoms with Gasteiger partial charge in [0.1, 0.15) is 17.6 Å². The molecule has 2 fully saturated rings. The molecule has 1 unspecified atom stereocenters. The highest BCUT2D eigenvalue weighted by Gasteiger charge is 2.47. The molecule has 2 aromatic carbocycles. The minimum atomic E-state index is -0.550. The summed E-state index contributed by atoms with van der Waals surface area (Å²) in [6, 6.07) is 13.7. The average molecular weight is 533 g/mol. The number of likely N-dealkylation sites (N-methyl/N-ethyl adjacent to an activating group) is 1. The first-order chi connectivity index (χ1) is 17.0.